The first-order valence-corrected chi connectivity index (χ1v) is 10.5. The standard InChI is InChI=1S/C19H30N2O4S/c1-23-18-4-2-3-16(13-21-7-11-26-12-8-21)19(18)25-15-17(22)14-20-5-9-24-10-6-20/h2-4,17,22H,5-15H2,1H3. The Hall–Kier alpha value is -0.990. The summed E-state index contributed by atoms with van der Waals surface area (Å²) in [5, 5.41) is 10.4. The zero-order valence-corrected chi connectivity index (χ0v) is 16.4. The molecule has 0 saturated carbocycles. The van der Waals surface area contributed by atoms with Crippen LogP contribution in [0.4, 0.5) is 0 Å². The number of hydrogen-bond acceptors (Lipinski definition) is 7. The van der Waals surface area contributed by atoms with Crippen molar-refractivity contribution < 1.29 is 19.3 Å². The van der Waals surface area contributed by atoms with E-state index in [4.69, 9.17) is 14.2 Å². The Bertz CT molecular complexity index is 548. The molecular weight excluding hydrogens is 352 g/mol. The number of β-amino-alcohol motifs (C(OH)–C–C–N with tert-alkyl or cyclic N) is 1. The molecule has 0 aromatic heterocycles. The average molecular weight is 383 g/mol. The molecule has 2 aliphatic rings. The van der Waals surface area contributed by atoms with Crippen LogP contribution in [0.25, 0.3) is 0 Å². The molecule has 26 heavy (non-hydrogen) atoms. The summed E-state index contributed by atoms with van der Waals surface area (Å²) in [6.45, 7) is 7.12. The van der Waals surface area contributed by atoms with Crippen LogP contribution >= 0.6 is 11.8 Å². The molecular formula is C19H30N2O4S. The molecule has 3 rings (SSSR count). The molecule has 1 unspecified atom stereocenters. The average Bonchev–Trinajstić information content (AvgIpc) is 2.68. The van der Waals surface area contributed by atoms with Crippen LogP contribution < -0.4 is 9.47 Å². The largest absolute Gasteiger partial charge is 0.493 e. The number of nitrogens with zero attached hydrogens (tertiary/aromatic N) is 2. The highest BCUT2D eigenvalue weighted by atomic mass is 32.2. The van der Waals surface area contributed by atoms with Crippen LogP contribution in [0.3, 0.4) is 0 Å². The predicted octanol–water partition coefficient (Wildman–Crippen LogP) is 1.32. The highest BCUT2D eigenvalue weighted by molar-refractivity contribution is 7.99. The maximum Gasteiger partial charge on any atom is 0.165 e. The van der Waals surface area contributed by atoms with Gasteiger partial charge in [0.15, 0.2) is 11.5 Å². The lowest BCUT2D eigenvalue weighted by molar-refractivity contribution is 0.00431. The highest BCUT2D eigenvalue weighted by Crippen LogP contribution is 2.32. The number of aliphatic hydroxyl groups is 1. The minimum Gasteiger partial charge on any atom is -0.493 e. The zero-order valence-electron chi connectivity index (χ0n) is 15.6. The molecule has 1 N–H and O–H groups in total. The van der Waals surface area contributed by atoms with E-state index in [1.165, 1.54) is 11.5 Å². The van der Waals surface area contributed by atoms with Crippen molar-refractivity contribution in [3.05, 3.63) is 23.8 Å². The van der Waals surface area contributed by atoms with Gasteiger partial charge in [0.2, 0.25) is 0 Å². The molecule has 0 aliphatic carbocycles. The number of morpholine rings is 1. The van der Waals surface area contributed by atoms with Crippen molar-refractivity contribution >= 4 is 11.8 Å². The molecule has 0 amide bonds. The number of hydrogen-bond donors (Lipinski definition) is 1. The summed E-state index contributed by atoms with van der Waals surface area (Å²) >= 11 is 2.01. The first-order chi connectivity index (χ1) is 12.8. The lowest BCUT2D eigenvalue weighted by Gasteiger charge is -2.29. The molecule has 0 bridgehead atoms. The molecule has 1 aromatic rings. The molecule has 2 fully saturated rings. The third kappa shape index (κ3) is 5.76. The lowest BCUT2D eigenvalue weighted by Crippen LogP contribution is -2.42. The van der Waals surface area contributed by atoms with Crippen LogP contribution in [0.2, 0.25) is 0 Å². The van der Waals surface area contributed by atoms with E-state index >= 15 is 0 Å². The Morgan fingerprint density at radius 3 is 2.65 bits per heavy atom. The van der Waals surface area contributed by atoms with Gasteiger partial charge >= 0.3 is 0 Å². The number of aliphatic hydroxyl groups excluding tert-OH is 1. The van der Waals surface area contributed by atoms with Gasteiger partial charge in [0.25, 0.3) is 0 Å². The van der Waals surface area contributed by atoms with E-state index in [0.717, 1.165) is 63.0 Å². The Morgan fingerprint density at radius 1 is 1.15 bits per heavy atom. The number of ether oxygens (including phenoxy) is 3. The summed E-state index contributed by atoms with van der Waals surface area (Å²) in [6.07, 6.45) is -0.530. The SMILES string of the molecule is COc1cccc(CN2CCSCC2)c1OCC(O)CN1CCOCC1. The number of rotatable bonds is 8. The van der Waals surface area contributed by atoms with Crippen LogP contribution in [0.15, 0.2) is 18.2 Å². The molecule has 2 saturated heterocycles. The lowest BCUT2D eigenvalue weighted by atomic mass is 10.1. The number of thioether (sulfide) groups is 1. The second-order valence-electron chi connectivity index (χ2n) is 6.71. The van der Waals surface area contributed by atoms with Crippen molar-refractivity contribution in [2.45, 2.75) is 12.6 Å². The fraction of sp³-hybridized carbons (Fsp3) is 0.684. The van der Waals surface area contributed by atoms with Crippen molar-refractivity contribution in [3.63, 3.8) is 0 Å². The smallest absolute Gasteiger partial charge is 0.165 e. The van der Waals surface area contributed by atoms with E-state index in [1.54, 1.807) is 7.11 Å². The number of benzene rings is 1. The zero-order chi connectivity index (χ0) is 18.2. The van der Waals surface area contributed by atoms with Crippen LogP contribution in [0.1, 0.15) is 5.56 Å². The second-order valence-corrected chi connectivity index (χ2v) is 7.94. The minimum absolute atomic E-state index is 0.264. The summed E-state index contributed by atoms with van der Waals surface area (Å²) in [5.41, 5.74) is 1.12. The molecule has 6 nitrogen and oxygen atoms in total. The normalized spacial score (nSPS) is 20.7. The van der Waals surface area contributed by atoms with E-state index in [-0.39, 0.29) is 6.61 Å². The van der Waals surface area contributed by atoms with Crippen molar-refractivity contribution in [2.75, 3.05) is 71.2 Å². The Balaban J connectivity index is 1.59. The van der Waals surface area contributed by atoms with Crippen molar-refractivity contribution in [1.29, 1.82) is 0 Å². The van der Waals surface area contributed by atoms with E-state index in [1.807, 2.05) is 23.9 Å². The predicted molar refractivity (Wildman–Crippen MR) is 104 cm³/mol. The molecule has 146 valence electrons. The highest BCUT2D eigenvalue weighted by Gasteiger charge is 2.19. The van der Waals surface area contributed by atoms with Gasteiger partial charge in [-0.25, -0.2) is 0 Å². The van der Waals surface area contributed by atoms with Crippen LogP contribution in [-0.2, 0) is 11.3 Å². The first-order valence-electron chi connectivity index (χ1n) is 9.33. The molecule has 0 spiro atoms. The minimum atomic E-state index is -0.530. The van der Waals surface area contributed by atoms with Gasteiger partial charge < -0.3 is 19.3 Å². The van der Waals surface area contributed by atoms with Crippen LogP contribution in [0.5, 0.6) is 11.5 Å². The number of para-hydroxylation sites is 1. The monoisotopic (exact) mass is 382 g/mol. The third-order valence-corrected chi connectivity index (χ3v) is 5.71. The fourth-order valence-electron chi connectivity index (χ4n) is 3.32. The van der Waals surface area contributed by atoms with Gasteiger partial charge in [0.05, 0.1) is 20.3 Å². The molecule has 7 heteroatoms. The molecule has 0 radical (unpaired) electrons. The maximum atomic E-state index is 10.4. The van der Waals surface area contributed by atoms with E-state index < -0.39 is 6.10 Å². The number of methoxy groups -OCH3 is 1. The maximum absolute atomic E-state index is 10.4. The Labute approximate surface area is 160 Å². The second kappa shape index (κ2) is 10.4. The molecule has 1 aromatic carbocycles. The van der Waals surface area contributed by atoms with Gasteiger partial charge in [-0.05, 0) is 6.07 Å². The van der Waals surface area contributed by atoms with Gasteiger partial charge in [-0.3, -0.25) is 9.80 Å². The van der Waals surface area contributed by atoms with E-state index in [0.29, 0.717) is 6.54 Å². The summed E-state index contributed by atoms with van der Waals surface area (Å²) < 4.78 is 16.9. The molecule has 2 heterocycles. The Kier molecular flexibility index (Phi) is 7.88. The van der Waals surface area contributed by atoms with Gasteiger partial charge in [0, 0.05) is 56.3 Å². The first kappa shape index (κ1) is 19.8. The van der Waals surface area contributed by atoms with Gasteiger partial charge in [-0.1, -0.05) is 12.1 Å². The Morgan fingerprint density at radius 2 is 1.92 bits per heavy atom. The molecule has 1 atom stereocenters. The summed E-state index contributed by atoms with van der Waals surface area (Å²) in [7, 11) is 1.66. The van der Waals surface area contributed by atoms with Crippen LogP contribution in [0, 0.1) is 0 Å². The summed E-state index contributed by atoms with van der Waals surface area (Å²) in [5.74, 6) is 3.85. The molecule has 2 aliphatic heterocycles. The fourth-order valence-corrected chi connectivity index (χ4v) is 4.30. The van der Waals surface area contributed by atoms with Crippen molar-refractivity contribution in [3.8, 4) is 11.5 Å². The quantitative estimate of drug-likeness (QED) is 0.728. The summed E-state index contributed by atoms with van der Waals surface area (Å²) in [6, 6.07) is 6.01. The van der Waals surface area contributed by atoms with E-state index in [2.05, 4.69) is 15.9 Å². The van der Waals surface area contributed by atoms with Crippen LogP contribution in [-0.4, -0.2) is 92.2 Å². The third-order valence-electron chi connectivity index (χ3n) is 4.77. The van der Waals surface area contributed by atoms with Crippen molar-refractivity contribution in [2.24, 2.45) is 0 Å². The van der Waals surface area contributed by atoms with E-state index in [9.17, 15) is 5.11 Å². The summed E-state index contributed by atoms with van der Waals surface area (Å²) in [4.78, 5) is 4.66. The van der Waals surface area contributed by atoms with Crippen molar-refractivity contribution in [1.82, 2.24) is 9.80 Å². The van der Waals surface area contributed by atoms with Gasteiger partial charge in [-0.2, -0.15) is 11.8 Å². The topological polar surface area (TPSA) is 54.4 Å². The van der Waals surface area contributed by atoms with Gasteiger partial charge in [0.1, 0.15) is 12.7 Å². The van der Waals surface area contributed by atoms with Gasteiger partial charge in [-0.15, -0.1) is 0 Å².